The standard InChI is InChI=1S/C12H11Cl2N5/c1-18-3-2-15-11(18)7-19-10(5-13)17-9-4-8(14)6-16-12(9)19/h2-4,6H,5,7H2,1H3. The number of rotatable bonds is 3. The van der Waals surface area contributed by atoms with Gasteiger partial charge in [-0.15, -0.1) is 11.6 Å². The van der Waals surface area contributed by atoms with Crippen LogP contribution in [-0.4, -0.2) is 24.1 Å². The Morgan fingerprint density at radius 3 is 2.79 bits per heavy atom. The van der Waals surface area contributed by atoms with Crippen LogP contribution in [0.25, 0.3) is 11.2 Å². The van der Waals surface area contributed by atoms with Gasteiger partial charge in [0.2, 0.25) is 0 Å². The molecule has 3 aromatic rings. The summed E-state index contributed by atoms with van der Waals surface area (Å²) in [5.74, 6) is 2.00. The van der Waals surface area contributed by atoms with Crippen LogP contribution in [-0.2, 0) is 19.5 Å². The third-order valence-electron chi connectivity index (χ3n) is 2.97. The third kappa shape index (κ3) is 2.19. The van der Waals surface area contributed by atoms with Gasteiger partial charge in [0.25, 0.3) is 0 Å². The molecule has 3 heterocycles. The lowest BCUT2D eigenvalue weighted by Gasteiger charge is -2.07. The molecule has 0 N–H and O–H groups in total. The van der Waals surface area contributed by atoms with Crippen LogP contribution in [0.4, 0.5) is 0 Å². The molecule has 3 aromatic heterocycles. The molecule has 0 spiro atoms. The van der Waals surface area contributed by atoms with Gasteiger partial charge >= 0.3 is 0 Å². The minimum absolute atomic E-state index is 0.318. The Bertz CT molecular complexity index is 731. The molecule has 0 aliphatic rings. The highest BCUT2D eigenvalue weighted by molar-refractivity contribution is 6.31. The van der Waals surface area contributed by atoms with Gasteiger partial charge in [-0.05, 0) is 6.07 Å². The van der Waals surface area contributed by atoms with Crippen molar-refractivity contribution in [3.05, 3.63) is 41.3 Å². The number of fused-ring (bicyclic) bond motifs is 1. The summed E-state index contributed by atoms with van der Waals surface area (Å²) in [7, 11) is 1.95. The fourth-order valence-electron chi connectivity index (χ4n) is 1.99. The first-order valence-electron chi connectivity index (χ1n) is 5.72. The van der Waals surface area contributed by atoms with Crippen LogP contribution in [0.2, 0.25) is 5.02 Å². The SMILES string of the molecule is Cn1ccnc1Cn1c(CCl)nc2cc(Cl)cnc21. The summed E-state index contributed by atoms with van der Waals surface area (Å²) in [5, 5.41) is 0.565. The van der Waals surface area contributed by atoms with Crippen molar-refractivity contribution in [2.75, 3.05) is 0 Å². The Labute approximate surface area is 119 Å². The van der Waals surface area contributed by atoms with E-state index in [1.54, 1.807) is 18.5 Å². The minimum atomic E-state index is 0.318. The highest BCUT2D eigenvalue weighted by Crippen LogP contribution is 2.20. The lowest BCUT2D eigenvalue weighted by Crippen LogP contribution is -2.09. The molecule has 0 aliphatic heterocycles. The van der Waals surface area contributed by atoms with E-state index in [-0.39, 0.29) is 0 Å². The maximum atomic E-state index is 5.95. The van der Waals surface area contributed by atoms with Crippen molar-refractivity contribution in [1.82, 2.24) is 24.1 Å². The van der Waals surface area contributed by atoms with Crippen LogP contribution in [0.3, 0.4) is 0 Å². The van der Waals surface area contributed by atoms with E-state index < -0.39 is 0 Å². The summed E-state index contributed by atoms with van der Waals surface area (Å²) in [5.41, 5.74) is 1.51. The van der Waals surface area contributed by atoms with Gasteiger partial charge in [0.05, 0.1) is 17.4 Å². The van der Waals surface area contributed by atoms with Crippen molar-refractivity contribution in [1.29, 1.82) is 0 Å². The monoisotopic (exact) mass is 295 g/mol. The first-order valence-corrected chi connectivity index (χ1v) is 6.63. The molecule has 0 fully saturated rings. The number of alkyl halides is 1. The first-order chi connectivity index (χ1) is 9.19. The number of nitrogens with zero attached hydrogens (tertiary/aromatic N) is 5. The molecule has 98 valence electrons. The Morgan fingerprint density at radius 1 is 1.26 bits per heavy atom. The van der Waals surface area contributed by atoms with Gasteiger partial charge in [0, 0.05) is 25.6 Å². The van der Waals surface area contributed by atoms with E-state index in [2.05, 4.69) is 15.0 Å². The molecule has 0 radical (unpaired) electrons. The molecule has 0 unspecified atom stereocenters. The van der Waals surface area contributed by atoms with Gasteiger partial charge in [-0.2, -0.15) is 0 Å². The Balaban J connectivity index is 2.13. The summed E-state index contributed by atoms with van der Waals surface area (Å²) >= 11 is 11.9. The van der Waals surface area contributed by atoms with Crippen molar-refractivity contribution in [2.24, 2.45) is 7.05 Å². The van der Waals surface area contributed by atoms with Gasteiger partial charge < -0.3 is 9.13 Å². The lowest BCUT2D eigenvalue weighted by atomic mass is 10.4. The molecule has 19 heavy (non-hydrogen) atoms. The quantitative estimate of drug-likeness (QED) is 0.698. The smallest absolute Gasteiger partial charge is 0.160 e. The van der Waals surface area contributed by atoms with Crippen LogP contribution in [0.1, 0.15) is 11.6 Å². The fourth-order valence-corrected chi connectivity index (χ4v) is 2.35. The molecule has 0 amide bonds. The first kappa shape index (κ1) is 12.4. The number of aryl methyl sites for hydroxylation is 1. The van der Waals surface area contributed by atoms with Crippen LogP contribution < -0.4 is 0 Å². The Kier molecular flexibility index (Phi) is 3.16. The van der Waals surface area contributed by atoms with Crippen LogP contribution in [0.15, 0.2) is 24.7 Å². The number of hydrogen-bond donors (Lipinski definition) is 0. The lowest BCUT2D eigenvalue weighted by molar-refractivity contribution is 0.688. The number of imidazole rings is 2. The highest BCUT2D eigenvalue weighted by Gasteiger charge is 2.13. The molecule has 0 bridgehead atoms. The zero-order valence-electron chi connectivity index (χ0n) is 10.2. The second-order valence-electron chi connectivity index (χ2n) is 4.20. The van der Waals surface area contributed by atoms with Gasteiger partial charge in [0.1, 0.15) is 17.2 Å². The van der Waals surface area contributed by atoms with Crippen molar-refractivity contribution < 1.29 is 0 Å². The van der Waals surface area contributed by atoms with Crippen LogP contribution in [0.5, 0.6) is 0 Å². The van der Waals surface area contributed by atoms with Crippen molar-refractivity contribution in [3.8, 4) is 0 Å². The molecule has 0 aromatic carbocycles. The summed E-state index contributed by atoms with van der Waals surface area (Å²) < 4.78 is 3.92. The normalized spacial score (nSPS) is 11.3. The number of aromatic nitrogens is 5. The highest BCUT2D eigenvalue weighted by atomic mass is 35.5. The zero-order chi connectivity index (χ0) is 13.4. The predicted molar refractivity (Wildman–Crippen MR) is 74.4 cm³/mol. The number of hydrogen-bond acceptors (Lipinski definition) is 3. The molecular weight excluding hydrogens is 285 g/mol. The van der Waals surface area contributed by atoms with Crippen LogP contribution in [0, 0.1) is 0 Å². The largest absolute Gasteiger partial charge is 0.337 e. The van der Waals surface area contributed by atoms with Gasteiger partial charge in [0.15, 0.2) is 5.65 Å². The number of pyridine rings is 1. The minimum Gasteiger partial charge on any atom is -0.337 e. The fraction of sp³-hybridized carbons (Fsp3) is 0.250. The van der Waals surface area contributed by atoms with E-state index in [1.165, 1.54) is 0 Å². The second-order valence-corrected chi connectivity index (χ2v) is 4.90. The van der Waals surface area contributed by atoms with E-state index in [9.17, 15) is 0 Å². The third-order valence-corrected chi connectivity index (χ3v) is 3.42. The maximum Gasteiger partial charge on any atom is 0.160 e. The molecular formula is C12H11Cl2N5. The average Bonchev–Trinajstić information content (AvgIpc) is 2.94. The summed E-state index contributed by atoms with van der Waals surface area (Å²) in [6.45, 7) is 0.580. The van der Waals surface area contributed by atoms with Crippen molar-refractivity contribution in [2.45, 2.75) is 12.4 Å². The number of halogens is 2. The predicted octanol–water partition coefficient (Wildman–Crippen LogP) is 2.61. The van der Waals surface area contributed by atoms with E-state index in [1.807, 2.05) is 22.4 Å². The maximum absolute atomic E-state index is 5.95. The van der Waals surface area contributed by atoms with E-state index in [4.69, 9.17) is 23.2 Å². The molecule has 7 heteroatoms. The molecule has 0 saturated carbocycles. The Morgan fingerprint density at radius 2 is 2.11 bits per heavy atom. The van der Waals surface area contributed by atoms with Gasteiger partial charge in [-0.25, -0.2) is 15.0 Å². The average molecular weight is 296 g/mol. The second kappa shape index (κ2) is 4.83. The van der Waals surface area contributed by atoms with Gasteiger partial charge in [-0.1, -0.05) is 11.6 Å². The van der Waals surface area contributed by atoms with E-state index >= 15 is 0 Å². The molecule has 3 rings (SSSR count). The van der Waals surface area contributed by atoms with Crippen LogP contribution >= 0.6 is 23.2 Å². The zero-order valence-corrected chi connectivity index (χ0v) is 11.7. The van der Waals surface area contributed by atoms with Gasteiger partial charge in [-0.3, -0.25) is 0 Å². The Hall–Kier alpha value is -1.59. The molecule has 5 nitrogen and oxygen atoms in total. The van der Waals surface area contributed by atoms with Crippen molar-refractivity contribution >= 4 is 34.4 Å². The molecule has 0 saturated heterocycles. The molecule has 0 atom stereocenters. The topological polar surface area (TPSA) is 48.5 Å². The summed E-state index contributed by atoms with van der Waals surface area (Å²) in [6, 6.07) is 1.79. The summed E-state index contributed by atoms with van der Waals surface area (Å²) in [4.78, 5) is 13.1. The van der Waals surface area contributed by atoms with E-state index in [0.717, 1.165) is 22.8 Å². The molecule has 0 aliphatic carbocycles. The van der Waals surface area contributed by atoms with Crippen molar-refractivity contribution in [3.63, 3.8) is 0 Å². The van der Waals surface area contributed by atoms with E-state index in [0.29, 0.717) is 17.4 Å². The summed E-state index contributed by atoms with van der Waals surface area (Å²) in [6.07, 6.45) is 5.27.